The van der Waals surface area contributed by atoms with Crippen LogP contribution in [-0.4, -0.2) is 48.8 Å². The quantitative estimate of drug-likeness (QED) is 0.356. The molecule has 0 aliphatic heterocycles. The summed E-state index contributed by atoms with van der Waals surface area (Å²) in [5, 5.41) is 7.08. The molecule has 0 saturated heterocycles. The number of nitrogens with one attached hydrogen (secondary N) is 2. The van der Waals surface area contributed by atoms with Gasteiger partial charge in [0.05, 0.1) is 23.1 Å². The zero-order chi connectivity index (χ0) is 20.3. The number of H-pyrrole nitrogens is 2. The highest BCUT2D eigenvalue weighted by Crippen LogP contribution is 2.27. The zero-order valence-corrected chi connectivity index (χ0v) is 16.9. The lowest BCUT2D eigenvalue weighted by Gasteiger charge is -2.07. The van der Waals surface area contributed by atoms with Gasteiger partial charge in [0, 0.05) is 23.7 Å². The average molecular weight is 399 g/mol. The van der Waals surface area contributed by atoms with Gasteiger partial charge in [-0.15, -0.1) is 5.10 Å². The molecule has 8 nitrogen and oxygen atoms in total. The lowest BCUT2D eigenvalue weighted by atomic mass is 10.1. The number of pyridine rings is 1. The Morgan fingerprint density at radius 1 is 1.25 bits per heavy atom. The SMILES string of the molecule is CCOC(=O)c1c(C)[nH]c(C(=O)[C@@H](C)Sc2n[nH]c(-c3ccncc3)n2)c1C. The molecule has 28 heavy (non-hydrogen) atoms. The summed E-state index contributed by atoms with van der Waals surface area (Å²) in [5.74, 6) is 0.0570. The standard InChI is InChI=1S/C19H21N5O3S/c1-5-27-18(26)14-10(2)15(21-11(14)3)16(25)12(4)28-19-22-17(23-24-19)13-6-8-20-9-7-13/h6-9,12,21H,5H2,1-4H3,(H,22,23,24)/t12-/m1/s1. The Hall–Kier alpha value is -2.94. The van der Waals surface area contributed by atoms with Crippen LogP contribution in [0.4, 0.5) is 0 Å². The minimum Gasteiger partial charge on any atom is -0.462 e. The molecule has 0 unspecified atom stereocenters. The van der Waals surface area contributed by atoms with Crippen molar-refractivity contribution in [2.24, 2.45) is 0 Å². The van der Waals surface area contributed by atoms with Crippen LogP contribution in [0.25, 0.3) is 11.4 Å². The number of aryl methyl sites for hydroxylation is 1. The Labute approximate surface area is 166 Å². The van der Waals surface area contributed by atoms with Gasteiger partial charge in [-0.05, 0) is 45.4 Å². The van der Waals surface area contributed by atoms with Crippen molar-refractivity contribution in [3.05, 3.63) is 47.0 Å². The van der Waals surface area contributed by atoms with E-state index in [2.05, 4.69) is 25.1 Å². The second-order valence-corrected chi connectivity index (χ2v) is 7.48. The molecule has 3 aromatic heterocycles. The number of carbonyl (C=O) groups excluding carboxylic acids is 2. The molecule has 9 heteroatoms. The highest BCUT2D eigenvalue weighted by atomic mass is 32.2. The van der Waals surface area contributed by atoms with Crippen LogP contribution in [0.5, 0.6) is 0 Å². The van der Waals surface area contributed by atoms with Crippen molar-refractivity contribution in [2.45, 2.75) is 38.1 Å². The molecule has 0 aromatic carbocycles. The van der Waals surface area contributed by atoms with Gasteiger partial charge in [0.25, 0.3) is 0 Å². The largest absolute Gasteiger partial charge is 0.462 e. The smallest absolute Gasteiger partial charge is 0.340 e. The summed E-state index contributed by atoms with van der Waals surface area (Å²) in [6.07, 6.45) is 3.35. The highest BCUT2D eigenvalue weighted by Gasteiger charge is 2.27. The molecular formula is C19H21N5O3S. The topological polar surface area (TPSA) is 114 Å². The van der Waals surface area contributed by atoms with E-state index in [0.717, 1.165) is 5.56 Å². The number of aromatic nitrogens is 5. The maximum Gasteiger partial charge on any atom is 0.340 e. The molecule has 0 aliphatic rings. The van der Waals surface area contributed by atoms with Crippen LogP contribution in [0, 0.1) is 13.8 Å². The Balaban J connectivity index is 1.76. The third-order valence-electron chi connectivity index (χ3n) is 4.23. The first-order valence-electron chi connectivity index (χ1n) is 8.82. The summed E-state index contributed by atoms with van der Waals surface area (Å²) in [6, 6.07) is 3.65. The summed E-state index contributed by atoms with van der Waals surface area (Å²) < 4.78 is 5.08. The molecule has 0 spiro atoms. The fourth-order valence-electron chi connectivity index (χ4n) is 2.86. The number of ether oxygens (including phenoxy) is 1. The van der Waals surface area contributed by atoms with E-state index in [1.54, 1.807) is 40.1 Å². The number of hydrogen-bond donors (Lipinski definition) is 2. The van der Waals surface area contributed by atoms with E-state index < -0.39 is 11.2 Å². The van der Waals surface area contributed by atoms with E-state index in [9.17, 15) is 9.59 Å². The summed E-state index contributed by atoms with van der Waals surface area (Å²) >= 11 is 1.25. The first-order valence-corrected chi connectivity index (χ1v) is 9.70. The Kier molecular flexibility index (Phi) is 5.93. The second kappa shape index (κ2) is 8.39. The molecule has 3 heterocycles. The molecular weight excluding hydrogens is 378 g/mol. The summed E-state index contributed by atoms with van der Waals surface area (Å²) in [5.41, 5.74) is 2.91. The van der Waals surface area contributed by atoms with E-state index in [-0.39, 0.29) is 12.4 Å². The van der Waals surface area contributed by atoms with Crippen molar-refractivity contribution in [3.63, 3.8) is 0 Å². The summed E-state index contributed by atoms with van der Waals surface area (Å²) in [6.45, 7) is 7.31. The molecule has 0 amide bonds. The third-order valence-corrected chi connectivity index (χ3v) is 5.19. The predicted octanol–water partition coefficient (Wildman–Crippen LogP) is 3.35. The van der Waals surface area contributed by atoms with Crippen LogP contribution in [-0.2, 0) is 4.74 Å². The molecule has 0 bridgehead atoms. The average Bonchev–Trinajstić information content (AvgIpc) is 3.26. The number of Topliss-reactive ketones (excluding diaryl/α,β-unsaturated/α-hetero) is 1. The van der Waals surface area contributed by atoms with Gasteiger partial charge in [-0.1, -0.05) is 11.8 Å². The van der Waals surface area contributed by atoms with Gasteiger partial charge >= 0.3 is 5.97 Å². The summed E-state index contributed by atoms with van der Waals surface area (Å²) in [7, 11) is 0. The molecule has 3 aromatic rings. The van der Waals surface area contributed by atoms with Crippen molar-refractivity contribution in [2.75, 3.05) is 6.61 Å². The molecule has 3 rings (SSSR count). The van der Waals surface area contributed by atoms with Crippen LogP contribution in [0.15, 0.2) is 29.7 Å². The van der Waals surface area contributed by atoms with E-state index in [0.29, 0.717) is 33.5 Å². The Morgan fingerprint density at radius 2 is 1.96 bits per heavy atom. The molecule has 0 radical (unpaired) electrons. The van der Waals surface area contributed by atoms with Crippen molar-refractivity contribution in [3.8, 4) is 11.4 Å². The van der Waals surface area contributed by atoms with Crippen molar-refractivity contribution in [1.29, 1.82) is 0 Å². The first kappa shape index (κ1) is 19.8. The lowest BCUT2D eigenvalue weighted by molar-refractivity contribution is 0.0525. The van der Waals surface area contributed by atoms with E-state index in [1.165, 1.54) is 11.8 Å². The van der Waals surface area contributed by atoms with Gasteiger partial charge in [0.2, 0.25) is 5.16 Å². The van der Waals surface area contributed by atoms with Crippen LogP contribution in [0.3, 0.4) is 0 Å². The van der Waals surface area contributed by atoms with E-state index >= 15 is 0 Å². The monoisotopic (exact) mass is 399 g/mol. The van der Waals surface area contributed by atoms with Crippen LogP contribution in [0.2, 0.25) is 0 Å². The third kappa shape index (κ3) is 3.99. The van der Waals surface area contributed by atoms with Gasteiger partial charge < -0.3 is 9.72 Å². The van der Waals surface area contributed by atoms with Gasteiger partial charge in [0.15, 0.2) is 11.6 Å². The van der Waals surface area contributed by atoms with Crippen LogP contribution in [0.1, 0.15) is 46.0 Å². The zero-order valence-electron chi connectivity index (χ0n) is 16.1. The van der Waals surface area contributed by atoms with Crippen LogP contribution >= 0.6 is 11.8 Å². The number of hydrogen-bond acceptors (Lipinski definition) is 7. The van der Waals surface area contributed by atoms with E-state index in [4.69, 9.17) is 4.74 Å². The number of carbonyl (C=O) groups is 2. The molecule has 2 N–H and O–H groups in total. The van der Waals surface area contributed by atoms with E-state index in [1.807, 2.05) is 12.1 Å². The molecule has 0 aliphatic carbocycles. The molecule has 0 saturated carbocycles. The molecule has 0 fully saturated rings. The van der Waals surface area contributed by atoms with Gasteiger partial charge in [-0.2, -0.15) is 0 Å². The van der Waals surface area contributed by atoms with Gasteiger partial charge in [0.1, 0.15) is 0 Å². The summed E-state index contributed by atoms with van der Waals surface area (Å²) in [4.78, 5) is 36.5. The highest BCUT2D eigenvalue weighted by molar-refractivity contribution is 8.00. The minimum atomic E-state index is -0.437. The fourth-order valence-corrected chi connectivity index (χ4v) is 3.64. The lowest BCUT2D eigenvalue weighted by Crippen LogP contribution is -2.16. The number of rotatable bonds is 7. The van der Waals surface area contributed by atoms with Crippen LogP contribution < -0.4 is 0 Å². The molecule has 146 valence electrons. The fraction of sp³-hybridized carbons (Fsp3) is 0.316. The number of thioether (sulfide) groups is 1. The Morgan fingerprint density at radius 3 is 2.64 bits per heavy atom. The minimum absolute atomic E-state index is 0.128. The second-order valence-electron chi connectivity index (χ2n) is 6.17. The number of esters is 1. The Bertz CT molecular complexity index is 996. The predicted molar refractivity (Wildman–Crippen MR) is 105 cm³/mol. The van der Waals surface area contributed by atoms with Crippen molar-refractivity contribution < 1.29 is 14.3 Å². The maximum atomic E-state index is 12.9. The first-order chi connectivity index (χ1) is 13.4. The number of nitrogens with zero attached hydrogens (tertiary/aromatic N) is 3. The maximum absolute atomic E-state index is 12.9. The number of ketones is 1. The number of aromatic amines is 2. The molecule has 1 atom stereocenters. The van der Waals surface area contributed by atoms with Crippen molar-refractivity contribution >= 4 is 23.5 Å². The van der Waals surface area contributed by atoms with Gasteiger partial charge in [-0.3, -0.25) is 14.9 Å². The van der Waals surface area contributed by atoms with Gasteiger partial charge in [-0.25, -0.2) is 9.78 Å². The normalized spacial score (nSPS) is 12.0. The van der Waals surface area contributed by atoms with Crippen molar-refractivity contribution in [1.82, 2.24) is 25.1 Å².